The highest BCUT2D eigenvalue weighted by atomic mass is 16.5. The lowest BCUT2D eigenvalue weighted by Gasteiger charge is -2.32. The van der Waals surface area contributed by atoms with Gasteiger partial charge >= 0.3 is 0 Å². The zero-order valence-electron chi connectivity index (χ0n) is 20.5. The molecule has 4 rings (SSSR count). The molecule has 1 aliphatic heterocycles. The van der Waals surface area contributed by atoms with Gasteiger partial charge in [-0.3, -0.25) is 14.4 Å². The van der Waals surface area contributed by atoms with Crippen molar-refractivity contribution in [3.05, 3.63) is 78.1 Å². The van der Waals surface area contributed by atoms with E-state index in [1.807, 2.05) is 66.3 Å². The van der Waals surface area contributed by atoms with Crippen molar-refractivity contribution < 1.29 is 19.4 Å². The Morgan fingerprint density at radius 1 is 1.06 bits per heavy atom. The molecule has 0 aliphatic carbocycles. The Morgan fingerprint density at radius 2 is 1.89 bits per heavy atom. The summed E-state index contributed by atoms with van der Waals surface area (Å²) in [7, 11) is 0. The van der Waals surface area contributed by atoms with E-state index in [0.717, 1.165) is 16.9 Å². The van der Waals surface area contributed by atoms with Gasteiger partial charge in [0, 0.05) is 45.5 Å². The molecule has 1 fully saturated rings. The number of hydrogen-bond donors (Lipinski definition) is 1. The summed E-state index contributed by atoms with van der Waals surface area (Å²) < 4.78 is 13.7. The van der Waals surface area contributed by atoms with Crippen molar-refractivity contribution in [3.8, 4) is 11.5 Å². The highest BCUT2D eigenvalue weighted by molar-refractivity contribution is 5.73. The van der Waals surface area contributed by atoms with Gasteiger partial charge in [-0.15, -0.1) is 0 Å². The van der Waals surface area contributed by atoms with E-state index in [9.17, 15) is 9.90 Å². The van der Waals surface area contributed by atoms with E-state index in [-0.39, 0.29) is 19.1 Å². The molecule has 0 radical (unpaired) electrons. The van der Waals surface area contributed by atoms with E-state index in [4.69, 9.17) is 9.47 Å². The Balaban J connectivity index is 1.39. The van der Waals surface area contributed by atoms with Crippen molar-refractivity contribution in [2.75, 3.05) is 39.4 Å². The van der Waals surface area contributed by atoms with Crippen LogP contribution in [0.15, 0.2) is 67.0 Å². The number of carbonyl (C=O) groups is 1. The molecule has 3 aromatic rings. The number of β-amino-alcohol motifs (C(OH)–C–C–N with tert-alkyl or cyclic N) is 1. The van der Waals surface area contributed by atoms with Gasteiger partial charge in [0.1, 0.15) is 30.3 Å². The second-order valence-electron chi connectivity index (χ2n) is 9.24. The zero-order chi connectivity index (χ0) is 24.7. The lowest BCUT2D eigenvalue weighted by molar-refractivity contribution is -0.132. The maximum atomic E-state index is 12.2. The molecule has 1 N–H and O–H groups in total. The second-order valence-corrected chi connectivity index (χ2v) is 9.24. The van der Waals surface area contributed by atoms with Crippen LogP contribution in [-0.2, 0) is 17.9 Å². The van der Waals surface area contributed by atoms with E-state index in [2.05, 4.69) is 16.1 Å². The standard InChI is InChI=1S/C27H34N4O4/c1-22-7-9-25(10-8-22)35-21-27(33)19-29(13-14-30(20-27)23(2)32)18-24-5-3-6-26(17-24)34-16-15-31-12-4-11-28-31/h3-12,17,33H,13-16,18-21H2,1-2H3/t27-/m0/s1. The second kappa shape index (κ2) is 11.4. The van der Waals surface area contributed by atoms with Crippen LogP contribution in [-0.4, -0.2) is 75.6 Å². The molecular formula is C27H34N4O4. The van der Waals surface area contributed by atoms with Crippen LogP contribution in [0.3, 0.4) is 0 Å². The van der Waals surface area contributed by atoms with Gasteiger partial charge in [-0.1, -0.05) is 29.8 Å². The molecule has 1 aliphatic rings. The first kappa shape index (κ1) is 24.8. The monoisotopic (exact) mass is 478 g/mol. The van der Waals surface area contributed by atoms with E-state index < -0.39 is 5.60 Å². The summed E-state index contributed by atoms with van der Waals surface area (Å²) in [5, 5.41) is 15.7. The average molecular weight is 479 g/mol. The van der Waals surface area contributed by atoms with Crippen molar-refractivity contribution in [2.24, 2.45) is 0 Å². The molecule has 8 heteroatoms. The van der Waals surface area contributed by atoms with Gasteiger partial charge in [-0.25, -0.2) is 0 Å². The number of aliphatic hydroxyl groups is 1. The summed E-state index contributed by atoms with van der Waals surface area (Å²) in [6, 6.07) is 17.6. The molecule has 1 saturated heterocycles. The van der Waals surface area contributed by atoms with Crippen LogP contribution >= 0.6 is 0 Å². The fourth-order valence-electron chi connectivity index (χ4n) is 4.27. The van der Waals surface area contributed by atoms with E-state index in [1.54, 1.807) is 18.0 Å². The minimum Gasteiger partial charge on any atom is -0.492 e. The fraction of sp³-hybridized carbons (Fsp3) is 0.407. The molecule has 186 valence electrons. The van der Waals surface area contributed by atoms with Gasteiger partial charge in [0.25, 0.3) is 0 Å². The molecule has 0 saturated carbocycles. The van der Waals surface area contributed by atoms with E-state index >= 15 is 0 Å². The topological polar surface area (TPSA) is 80.1 Å². The van der Waals surface area contributed by atoms with Gasteiger partial charge in [-0.05, 0) is 42.8 Å². The highest BCUT2D eigenvalue weighted by Gasteiger charge is 2.36. The molecule has 35 heavy (non-hydrogen) atoms. The average Bonchev–Trinajstić information content (AvgIpc) is 3.29. The van der Waals surface area contributed by atoms with Crippen molar-refractivity contribution >= 4 is 5.91 Å². The predicted octanol–water partition coefficient (Wildman–Crippen LogP) is 2.74. The lowest BCUT2D eigenvalue weighted by atomic mass is 10.0. The third-order valence-corrected chi connectivity index (χ3v) is 6.12. The molecule has 1 aromatic heterocycles. The number of rotatable bonds is 9. The molecule has 2 aromatic carbocycles. The molecule has 0 bridgehead atoms. The van der Waals surface area contributed by atoms with E-state index in [0.29, 0.717) is 45.1 Å². The smallest absolute Gasteiger partial charge is 0.219 e. The summed E-state index contributed by atoms with van der Waals surface area (Å²) in [5.41, 5.74) is 1.04. The van der Waals surface area contributed by atoms with Gasteiger partial charge in [0.05, 0.1) is 13.1 Å². The maximum absolute atomic E-state index is 12.2. The fourth-order valence-corrected chi connectivity index (χ4v) is 4.27. The van der Waals surface area contributed by atoms with E-state index in [1.165, 1.54) is 0 Å². The van der Waals surface area contributed by atoms with Crippen LogP contribution in [0.2, 0.25) is 0 Å². The molecule has 2 heterocycles. The Bertz CT molecular complexity index is 1090. The molecule has 1 atom stereocenters. The summed E-state index contributed by atoms with van der Waals surface area (Å²) in [6.45, 7) is 7.36. The molecular weight excluding hydrogens is 444 g/mol. The van der Waals surface area contributed by atoms with Gasteiger partial charge in [0.15, 0.2) is 0 Å². The Kier molecular flexibility index (Phi) is 8.05. The Morgan fingerprint density at radius 3 is 2.63 bits per heavy atom. The molecule has 0 spiro atoms. The Hall–Kier alpha value is -3.36. The molecule has 0 unspecified atom stereocenters. The van der Waals surface area contributed by atoms with Gasteiger partial charge < -0.3 is 19.5 Å². The van der Waals surface area contributed by atoms with Crippen LogP contribution in [0.5, 0.6) is 11.5 Å². The minimum absolute atomic E-state index is 0.0480. The number of aryl methyl sites for hydroxylation is 1. The highest BCUT2D eigenvalue weighted by Crippen LogP contribution is 2.21. The molecule has 8 nitrogen and oxygen atoms in total. The van der Waals surface area contributed by atoms with Crippen molar-refractivity contribution in [2.45, 2.75) is 32.5 Å². The number of carbonyl (C=O) groups excluding carboxylic acids is 1. The maximum Gasteiger partial charge on any atom is 0.219 e. The quantitative estimate of drug-likeness (QED) is 0.510. The number of amides is 1. The van der Waals surface area contributed by atoms with Crippen LogP contribution < -0.4 is 9.47 Å². The first-order chi connectivity index (χ1) is 16.9. The largest absolute Gasteiger partial charge is 0.492 e. The first-order valence-electron chi connectivity index (χ1n) is 12.0. The van der Waals surface area contributed by atoms with Crippen LogP contribution in [0.25, 0.3) is 0 Å². The summed E-state index contributed by atoms with van der Waals surface area (Å²) >= 11 is 0. The summed E-state index contributed by atoms with van der Waals surface area (Å²) in [6.07, 6.45) is 3.66. The number of hydrogen-bond acceptors (Lipinski definition) is 6. The minimum atomic E-state index is -1.19. The van der Waals surface area contributed by atoms with Crippen LogP contribution in [0, 0.1) is 6.92 Å². The third-order valence-electron chi connectivity index (χ3n) is 6.12. The van der Waals surface area contributed by atoms with Crippen LogP contribution in [0.4, 0.5) is 0 Å². The Labute approximate surface area is 206 Å². The zero-order valence-corrected chi connectivity index (χ0v) is 20.5. The lowest BCUT2D eigenvalue weighted by Crippen LogP contribution is -2.51. The van der Waals surface area contributed by atoms with Gasteiger partial charge in [-0.2, -0.15) is 5.10 Å². The predicted molar refractivity (Wildman–Crippen MR) is 133 cm³/mol. The van der Waals surface area contributed by atoms with Gasteiger partial charge in [0.2, 0.25) is 5.91 Å². The first-order valence-corrected chi connectivity index (χ1v) is 12.0. The molecule has 1 amide bonds. The van der Waals surface area contributed by atoms with Crippen LogP contribution in [0.1, 0.15) is 18.1 Å². The number of ether oxygens (including phenoxy) is 2. The van der Waals surface area contributed by atoms with Crippen molar-refractivity contribution in [3.63, 3.8) is 0 Å². The summed E-state index contributed by atoms with van der Waals surface area (Å²) in [4.78, 5) is 16.1. The summed E-state index contributed by atoms with van der Waals surface area (Å²) in [5.74, 6) is 1.45. The number of nitrogens with zero attached hydrogens (tertiary/aromatic N) is 4. The number of aromatic nitrogens is 2. The normalized spacial score (nSPS) is 18.8. The third kappa shape index (κ3) is 7.31. The SMILES string of the molecule is CC(=O)N1CCN(Cc2cccc(OCCn3cccn3)c2)C[C@@](O)(COc2ccc(C)cc2)C1. The number of benzene rings is 2. The van der Waals surface area contributed by atoms with Crippen molar-refractivity contribution in [1.82, 2.24) is 19.6 Å². The van der Waals surface area contributed by atoms with Crippen molar-refractivity contribution in [1.29, 1.82) is 0 Å².